The van der Waals surface area contributed by atoms with E-state index in [1.807, 2.05) is 24.3 Å². The number of rotatable bonds is 92. The van der Waals surface area contributed by atoms with Crippen LogP contribution in [0.2, 0.25) is 0 Å². The second kappa shape index (κ2) is 81.8. The smallest absolute Gasteiger partial charge is 0.253 e. The van der Waals surface area contributed by atoms with Crippen molar-refractivity contribution < 1.29 is 148 Å². The monoisotopic (exact) mass is 1820 g/mol. The summed E-state index contributed by atoms with van der Waals surface area (Å²) in [6, 6.07) is 18.3. The fourth-order valence-corrected chi connectivity index (χ4v) is 11.1. The molecule has 0 unspecified atom stereocenters. The van der Waals surface area contributed by atoms with Gasteiger partial charge in [0, 0.05) is 69.7 Å². The lowest BCUT2D eigenvalue weighted by molar-refractivity contribution is -0.137. The van der Waals surface area contributed by atoms with Gasteiger partial charge in [-0.3, -0.25) is 33.7 Å². The Morgan fingerprint density at radius 2 is 0.562 bits per heavy atom. The van der Waals surface area contributed by atoms with Crippen molar-refractivity contribution in [2.75, 3.05) is 343 Å². The number of benzene rings is 3. The van der Waals surface area contributed by atoms with Gasteiger partial charge in [0.15, 0.2) is 0 Å². The molecule has 38 heteroatoms. The van der Waals surface area contributed by atoms with Crippen molar-refractivity contribution in [3.63, 3.8) is 0 Å². The first-order chi connectivity index (χ1) is 62.8. The normalized spacial score (nSPS) is 12.2. The molecule has 0 radical (unpaired) electrons. The van der Waals surface area contributed by atoms with Crippen LogP contribution in [0.15, 0.2) is 83.0 Å². The highest BCUT2D eigenvalue weighted by molar-refractivity contribution is 6.13. The lowest BCUT2D eigenvalue weighted by atomic mass is 9.90. The molecular weight excluding hydrogens is 1680 g/mol. The summed E-state index contributed by atoms with van der Waals surface area (Å²) in [5, 5.41) is 30.6. The lowest BCUT2D eigenvalue weighted by Crippen LogP contribution is -2.35. The van der Waals surface area contributed by atoms with Crippen molar-refractivity contribution in [2.24, 2.45) is 10.2 Å². The number of aromatic hydroxyl groups is 1. The van der Waals surface area contributed by atoms with Crippen molar-refractivity contribution in [1.29, 1.82) is 0 Å². The first-order valence-corrected chi connectivity index (χ1v) is 44.7. The minimum atomic E-state index is -0.405. The van der Waals surface area contributed by atoms with Gasteiger partial charge >= 0.3 is 0 Å². The van der Waals surface area contributed by atoms with E-state index < -0.39 is 11.8 Å². The predicted molar refractivity (Wildman–Crippen MR) is 471 cm³/mol. The molecule has 728 valence electrons. The summed E-state index contributed by atoms with van der Waals surface area (Å²) in [5.41, 5.74) is 5.63. The van der Waals surface area contributed by atoms with Crippen LogP contribution in [0.4, 0.5) is 11.4 Å². The number of nitrogens with zero attached hydrogens (tertiary/aromatic N) is 3. The number of phenols is 1. The third kappa shape index (κ3) is 64.6. The standard InChI is InChI=1S/C90H147N7O31/c1-75(2)82-72-78(73-83(76(3)4)89(82)103)6-5-7-84(98)94-74-77-8-12-80(13-9-77)95-96-81-14-10-79(11-15-81)90(104)93-21-20-91-86(100)19-24-105-26-28-107-30-32-109-34-36-111-38-40-113-42-44-115-46-48-117-50-52-119-54-56-121-58-60-123-62-64-125-66-68-127-70-71-128-69-67-126-65-63-124-61-59-122-57-55-120-53-51-118-49-47-116-45-43-114-41-39-112-37-35-110-33-31-108-29-27-106-25-22-92-85(99)18-23-97-87(101)16-17-88(97)102/h8-17,72-73,75-76,103H,5-7,18-71,74H2,1-4H3,(H,91,100)(H,92,99)(H,93,104)(H,94,98). The van der Waals surface area contributed by atoms with Gasteiger partial charge in [-0.1, -0.05) is 52.0 Å². The van der Waals surface area contributed by atoms with Gasteiger partial charge in [0.05, 0.1) is 329 Å². The average molecular weight is 1820 g/mol. The van der Waals surface area contributed by atoms with E-state index in [1.54, 1.807) is 24.3 Å². The predicted octanol–water partition coefficient (Wildman–Crippen LogP) is 5.76. The number of phenolic OH excluding ortho intramolecular Hbond substituents is 1. The van der Waals surface area contributed by atoms with Crippen molar-refractivity contribution in [3.8, 4) is 5.75 Å². The zero-order valence-electron chi connectivity index (χ0n) is 76.1. The molecule has 3 aromatic carbocycles. The molecule has 0 spiro atoms. The molecule has 4 rings (SSSR count). The maximum absolute atomic E-state index is 12.7. The highest BCUT2D eigenvalue weighted by Gasteiger charge is 2.24. The number of azo groups is 1. The van der Waals surface area contributed by atoms with Crippen molar-refractivity contribution in [1.82, 2.24) is 26.2 Å². The van der Waals surface area contributed by atoms with Crippen LogP contribution in [0, 0.1) is 0 Å². The highest BCUT2D eigenvalue weighted by Crippen LogP contribution is 2.35. The van der Waals surface area contributed by atoms with Gasteiger partial charge in [0.1, 0.15) is 5.75 Å². The summed E-state index contributed by atoms with van der Waals surface area (Å²) >= 11 is 0. The van der Waals surface area contributed by atoms with Crippen LogP contribution < -0.4 is 21.3 Å². The molecule has 0 fully saturated rings. The molecule has 0 saturated carbocycles. The number of ether oxygens (including phenoxy) is 24. The Kier molecular flexibility index (Phi) is 72.3. The summed E-state index contributed by atoms with van der Waals surface area (Å²) in [5.74, 6) is -0.762. The minimum absolute atomic E-state index is 0.0189. The number of amides is 6. The fraction of sp³-hybridized carbons (Fsp3) is 0.711. The molecule has 1 heterocycles. The van der Waals surface area contributed by atoms with Crippen molar-refractivity contribution >= 4 is 46.8 Å². The molecule has 0 bridgehead atoms. The number of imide groups is 1. The van der Waals surface area contributed by atoms with Crippen LogP contribution in [0.25, 0.3) is 0 Å². The maximum Gasteiger partial charge on any atom is 0.253 e. The number of nitrogens with one attached hydrogen (secondary N) is 4. The molecule has 0 atom stereocenters. The molecule has 128 heavy (non-hydrogen) atoms. The van der Waals surface area contributed by atoms with Crippen molar-refractivity contribution in [3.05, 3.63) is 101 Å². The molecule has 0 aliphatic carbocycles. The van der Waals surface area contributed by atoms with E-state index in [0.29, 0.717) is 359 Å². The molecule has 0 aromatic heterocycles. The molecule has 38 nitrogen and oxygen atoms in total. The topological polar surface area (TPSA) is 420 Å². The molecule has 1 aliphatic heterocycles. The second-order valence-electron chi connectivity index (χ2n) is 28.8. The van der Waals surface area contributed by atoms with Gasteiger partial charge in [0.2, 0.25) is 17.7 Å². The zero-order valence-corrected chi connectivity index (χ0v) is 76.1. The van der Waals surface area contributed by atoms with E-state index in [9.17, 15) is 33.9 Å². The zero-order chi connectivity index (χ0) is 91.5. The van der Waals surface area contributed by atoms with Gasteiger partial charge < -0.3 is 140 Å². The Balaban J connectivity index is 0.724. The Labute approximate surface area is 755 Å². The molecule has 1 aliphatic rings. The fourth-order valence-electron chi connectivity index (χ4n) is 11.1. The van der Waals surface area contributed by atoms with E-state index in [4.69, 9.17) is 114 Å². The minimum Gasteiger partial charge on any atom is -0.507 e. The van der Waals surface area contributed by atoms with Crippen molar-refractivity contribution in [2.45, 2.75) is 78.2 Å². The SMILES string of the molecule is CC(C)c1cc(CCCC(=O)NCc2ccc(N=Nc3ccc(C(=O)NCCNC(=O)CCOCCOCCOCCOCCOCCOCCOCCOCCOCCOCCOCCOCCOCCOCCOCCOCCOCCOCCOCCOCCOCCOCCOCCOCCNC(=O)CCN4C(=O)C=CC4=O)cc3)cc2)cc(C(C)C)c1O. The summed E-state index contributed by atoms with van der Waals surface area (Å²) in [6.45, 7) is 30.6. The van der Waals surface area contributed by atoms with Crippen LogP contribution in [0.3, 0.4) is 0 Å². The molecule has 6 amide bonds. The van der Waals surface area contributed by atoms with E-state index >= 15 is 0 Å². The second-order valence-corrected chi connectivity index (χ2v) is 28.8. The summed E-state index contributed by atoms with van der Waals surface area (Å²) in [6.07, 6.45) is 4.47. The summed E-state index contributed by atoms with van der Waals surface area (Å²) in [4.78, 5) is 73.5. The Morgan fingerprint density at radius 1 is 0.305 bits per heavy atom. The number of carbonyl (C=O) groups excluding carboxylic acids is 6. The lowest BCUT2D eigenvalue weighted by Gasteiger charge is -2.17. The average Bonchev–Trinajstić information content (AvgIpc) is 0.835. The van der Waals surface area contributed by atoms with Crippen LogP contribution in [-0.2, 0) is 151 Å². The third-order valence-electron chi connectivity index (χ3n) is 18.0. The van der Waals surface area contributed by atoms with E-state index in [1.165, 1.54) is 12.2 Å². The summed E-state index contributed by atoms with van der Waals surface area (Å²) < 4.78 is 133. The maximum atomic E-state index is 12.7. The van der Waals surface area contributed by atoms with Gasteiger partial charge in [0.25, 0.3) is 17.7 Å². The van der Waals surface area contributed by atoms with Gasteiger partial charge in [-0.25, -0.2) is 0 Å². The Morgan fingerprint density at radius 3 is 0.867 bits per heavy atom. The van der Waals surface area contributed by atoms with Gasteiger partial charge in [-0.2, -0.15) is 10.2 Å². The molecule has 0 saturated heterocycles. The van der Waals surface area contributed by atoms with E-state index in [0.717, 1.165) is 33.6 Å². The van der Waals surface area contributed by atoms with Crippen LogP contribution >= 0.6 is 0 Å². The molecular formula is C90H147N7O31. The number of aryl methyl sites for hydroxylation is 1. The summed E-state index contributed by atoms with van der Waals surface area (Å²) in [7, 11) is 0. The highest BCUT2D eigenvalue weighted by atomic mass is 16.6. The third-order valence-corrected chi connectivity index (χ3v) is 18.0. The van der Waals surface area contributed by atoms with Crippen LogP contribution in [0.1, 0.15) is 97.8 Å². The van der Waals surface area contributed by atoms with E-state index in [2.05, 4.69) is 71.3 Å². The first kappa shape index (κ1) is 113. The number of carbonyl (C=O) groups is 6. The van der Waals surface area contributed by atoms with Gasteiger partial charge in [-0.05, 0) is 83.3 Å². The Hall–Kier alpha value is -7.14. The largest absolute Gasteiger partial charge is 0.507 e. The molecule has 3 aromatic rings. The number of hydrogen-bond donors (Lipinski definition) is 5. The van der Waals surface area contributed by atoms with Crippen LogP contribution in [-0.4, -0.2) is 389 Å². The number of hydrogen-bond acceptors (Lipinski definition) is 33. The van der Waals surface area contributed by atoms with Crippen LogP contribution in [0.5, 0.6) is 5.75 Å². The quantitative estimate of drug-likeness (QED) is 0.0255. The van der Waals surface area contributed by atoms with Gasteiger partial charge in [-0.15, -0.1) is 0 Å². The first-order valence-electron chi connectivity index (χ1n) is 44.7. The molecule has 5 N–H and O–H groups in total. The Bertz CT molecular complexity index is 3250. The van der Waals surface area contributed by atoms with E-state index in [-0.39, 0.29) is 74.5 Å².